The molecule has 1 amide bonds. The molecule has 0 saturated carbocycles. The van der Waals surface area contributed by atoms with Gasteiger partial charge in [0.2, 0.25) is 5.91 Å². The van der Waals surface area contributed by atoms with Gasteiger partial charge < -0.3 is 9.88 Å². The third kappa shape index (κ3) is 2.70. The van der Waals surface area contributed by atoms with Crippen molar-refractivity contribution in [3.05, 3.63) is 59.7 Å². The van der Waals surface area contributed by atoms with Gasteiger partial charge in [-0.2, -0.15) is 0 Å². The summed E-state index contributed by atoms with van der Waals surface area (Å²) in [6.07, 6.45) is 1.63. The molecule has 1 N–H and O–H groups in total. The molecule has 112 valence electrons. The number of anilines is 1. The summed E-state index contributed by atoms with van der Waals surface area (Å²) >= 11 is 0. The second kappa shape index (κ2) is 5.60. The molecule has 3 rings (SSSR count). The third-order valence-electron chi connectivity index (χ3n) is 3.70. The lowest BCUT2D eigenvalue weighted by Gasteiger charge is -2.08. The van der Waals surface area contributed by atoms with Crippen molar-refractivity contribution in [2.45, 2.75) is 20.4 Å². The first kappa shape index (κ1) is 14.3. The fraction of sp³-hybridized carbons (Fsp3) is 0.176. The van der Waals surface area contributed by atoms with Crippen LogP contribution in [0.5, 0.6) is 0 Å². The van der Waals surface area contributed by atoms with E-state index in [4.69, 9.17) is 0 Å². The molecule has 0 unspecified atom stereocenters. The van der Waals surface area contributed by atoms with Crippen LogP contribution in [0.3, 0.4) is 0 Å². The van der Waals surface area contributed by atoms with Gasteiger partial charge in [-0.15, -0.1) is 0 Å². The number of nitrogens with zero attached hydrogens (tertiary/aromatic N) is 2. The first-order valence-corrected chi connectivity index (χ1v) is 7.01. The average molecular weight is 297 g/mol. The number of para-hydroxylation sites is 1. The number of halogens is 1. The summed E-state index contributed by atoms with van der Waals surface area (Å²) in [4.78, 5) is 16.4. The highest BCUT2D eigenvalue weighted by molar-refractivity contribution is 5.91. The lowest BCUT2D eigenvalue weighted by Crippen LogP contribution is -2.18. The Balaban J connectivity index is 1.83. The number of hydrogen-bond acceptors (Lipinski definition) is 2. The molecule has 0 radical (unpaired) electrons. The summed E-state index contributed by atoms with van der Waals surface area (Å²) in [6.45, 7) is 4.14. The van der Waals surface area contributed by atoms with Crippen LogP contribution in [-0.4, -0.2) is 15.5 Å². The van der Waals surface area contributed by atoms with Crippen molar-refractivity contribution in [3.63, 3.8) is 0 Å². The Morgan fingerprint density at radius 2 is 1.95 bits per heavy atom. The standard InChI is InChI=1S/C17H16FN3O/c1-11-7-15-16(8-12(11)2)21(10-19-15)9-17(22)20-14-6-4-3-5-13(14)18/h3-8,10H,9H2,1-2H3,(H,20,22). The maximum Gasteiger partial charge on any atom is 0.244 e. The van der Waals surface area contributed by atoms with Gasteiger partial charge >= 0.3 is 0 Å². The van der Waals surface area contributed by atoms with Gasteiger partial charge in [-0.25, -0.2) is 9.37 Å². The second-order valence-corrected chi connectivity index (χ2v) is 5.33. The van der Waals surface area contributed by atoms with Crippen LogP contribution in [0.4, 0.5) is 10.1 Å². The van der Waals surface area contributed by atoms with Gasteiger partial charge in [0, 0.05) is 0 Å². The fourth-order valence-electron chi connectivity index (χ4n) is 2.35. The Hall–Kier alpha value is -2.69. The number of benzene rings is 2. The lowest BCUT2D eigenvalue weighted by atomic mass is 10.1. The highest BCUT2D eigenvalue weighted by Gasteiger charge is 2.10. The van der Waals surface area contributed by atoms with Gasteiger partial charge in [-0.05, 0) is 49.2 Å². The van der Waals surface area contributed by atoms with Crippen LogP contribution in [0, 0.1) is 19.7 Å². The molecular weight excluding hydrogens is 281 g/mol. The molecule has 0 aliphatic rings. The van der Waals surface area contributed by atoms with Crippen LogP contribution in [0.25, 0.3) is 11.0 Å². The molecule has 0 aliphatic heterocycles. The summed E-state index contributed by atoms with van der Waals surface area (Å²) in [7, 11) is 0. The zero-order valence-corrected chi connectivity index (χ0v) is 12.4. The number of fused-ring (bicyclic) bond motifs is 1. The summed E-state index contributed by atoms with van der Waals surface area (Å²) in [5.74, 6) is -0.736. The van der Waals surface area contributed by atoms with Crippen molar-refractivity contribution in [1.29, 1.82) is 0 Å². The van der Waals surface area contributed by atoms with E-state index in [0.29, 0.717) is 0 Å². The molecule has 0 fully saturated rings. The van der Waals surface area contributed by atoms with E-state index < -0.39 is 5.82 Å². The monoisotopic (exact) mass is 297 g/mol. The molecule has 3 aromatic rings. The van der Waals surface area contributed by atoms with Crippen molar-refractivity contribution in [1.82, 2.24) is 9.55 Å². The molecule has 5 heteroatoms. The first-order valence-electron chi connectivity index (χ1n) is 7.01. The Labute approximate surface area is 127 Å². The Bertz CT molecular complexity index is 854. The number of amides is 1. The van der Waals surface area contributed by atoms with Crippen LogP contribution >= 0.6 is 0 Å². The number of aryl methyl sites for hydroxylation is 2. The van der Waals surface area contributed by atoms with E-state index in [0.717, 1.165) is 22.2 Å². The van der Waals surface area contributed by atoms with Gasteiger partial charge in [-0.1, -0.05) is 12.1 Å². The fourth-order valence-corrected chi connectivity index (χ4v) is 2.35. The molecule has 1 aromatic heterocycles. The van der Waals surface area contributed by atoms with Gasteiger partial charge in [0.25, 0.3) is 0 Å². The molecule has 0 aliphatic carbocycles. The van der Waals surface area contributed by atoms with Crippen molar-refractivity contribution >= 4 is 22.6 Å². The molecule has 0 atom stereocenters. The maximum absolute atomic E-state index is 13.5. The topological polar surface area (TPSA) is 46.9 Å². The van der Waals surface area contributed by atoms with E-state index in [1.165, 1.54) is 12.1 Å². The van der Waals surface area contributed by atoms with Crippen molar-refractivity contribution in [2.24, 2.45) is 0 Å². The minimum atomic E-state index is -0.446. The predicted octanol–water partition coefficient (Wildman–Crippen LogP) is 3.43. The third-order valence-corrected chi connectivity index (χ3v) is 3.70. The Morgan fingerprint density at radius 3 is 2.73 bits per heavy atom. The Morgan fingerprint density at radius 1 is 1.23 bits per heavy atom. The van der Waals surface area contributed by atoms with Crippen molar-refractivity contribution < 1.29 is 9.18 Å². The SMILES string of the molecule is Cc1cc2ncn(CC(=O)Nc3ccccc3F)c2cc1C. The molecule has 1 heterocycles. The van der Waals surface area contributed by atoms with Crippen LogP contribution in [0.1, 0.15) is 11.1 Å². The molecule has 0 spiro atoms. The highest BCUT2D eigenvalue weighted by atomic mass is 19.1. The van der Waals surface area contributed by atoms with E-state index >= 15 is 0 Å². The van der Waals surface area contributed by atoms with Gasteiger partial charge in [0.15, 0.2) is 0 Å². The summed E-state index contributed by atoms with van der Waals surface area (Å²) in [5.41, 5.74) is 4.23. The molecule has 0 bridgehead atoms. The Kier molecular flexibility index (Phi) is 3.63. The number of rotatable bonds is 3. The largest absolute Gasteiger partial charge is 0.322 e. The maximum atomic E-state index is 13.5. The van der Waals surface area contributed by atoms with Crippen LogP contribution in [0.15, 0.2) is 42.7 Å². The minimum Gasteiger partial charge on any atom is -0.322 e. The first-order chi connectivity index (χ1) is 10.5. The van der Waals surface area contributed by atoms with E-state index in [-0.39, 0.29) is 18.1 Å². The van der Waals surface area contributed by atoms with Crippen LogP contribution in [-0.2, 0) is 11.3 Å². The van der Waals surface area contributed by atoms with Gasteiger partial charge in [-0.3, -0.25) is 4.79 Å². The van der Waals surface area contributed by atoms with E-state index in [1.807, 2.05) is 26.0 Å². The molecule has 2 aromatic carbocycles. The van der Waals surface area contributed by atoms with Crippen LogP contribution in [0.2, 0.25) is 0 Å². The molecule has 4 nitrogen and oxygen atoms in total. The van der Waals surface area contributed by atoms with Crippen molar-refractivity contribution in [2.75, 3.05) is 5.32 Å². The summed E-state index contributed by atoms with van der Waals surface area (Å²) in [6, 6.07) is 10.1. The normalized spacial score (nSPS) is 10.9. The van der Waals surface area contributed by atoms with E-state index in [1.54, 1.807) is 23.0 Å². The smallest absolute Gasteiger partial charge is 0.244 e. The van der Waals surface area contributed by atoms with Crippen LogP contribution < -0.4 is 5.32 Å². The highest BCUT2D eigenvalue weighted by Crippen LogP contribution is 2.19. The molecular formula is C17H16FN3O. The predicted molar refractivity (Wildman–Crippen MR) is 84.2 cm³/mol. The number of nitrogens with one attached hydrogen (secondary N) is 1. The second-order valence-electron chi connectivity index (χ2n) is 5.33. The average Bonchev–Trinajstić information content (AvgIpc) is 2.84. The van der Waals surface area contributed by atoms with E-state index in [2.05, 4.69) is 10.3 Å². The zero-order valence-electron chi connectivity index (χ0n) is 12.4. The zero-order chi connectivity index (χ0) is 15.7. The number of aromatic nitrogens is 2. The van der Waals surface area contributed by atoms with Crippen molar-refractivity contribution in [3.8, 4) is 0 Å². The molecule has 22 heavy (non-hydrogen) atoms. The van der Waals surface area contributed by atoms with Gasteiger partial charge in [0.05, 0.1) is 23.0 Å². The summed E-state index contributed by atoms with van der Waals surface area (Å²) in [5, 5.41) is 2.58. The minimum absolute atomic E-state index is 0.0906. The number of carbonyl (C=O) groups excluding carboxylic acids is 1. The van der Waals surface area contributed by atoms with E-state index in [9.17, 15) is 9.18 Å². The van der Waals surface area contributed by atoms with Gasteiger partial charge in [0.1, 0.15) is 12.4 Å². The lowest BCUT2D eigenvalue weighted by molar-refractivity contribution is -0.116. The molecule has 0 saturated heterocycles. The quantitative estimate of drug-likeness (QED) is 0.805. The number of carbonyl (C=O) groups is 1. The number of hydrogen-bond donors (Lipinski definition) is 1. The summed E-state index contributed by atoms with van der Waals surface area (Å²) < 4.78 is 15.3. The number of imidazole rings is 1.